The summed E-state index contributed by atoms with van der Waals surface area (Å²) in [5.74, 6) is 2.68. The number of hydrogen-bond acceptors (Lipinski definition) is 5. The van der Waals surface area contributed by atoms with Crippen molar-refractivity contribution < 1.29 is 4.52 Å². The number of rotatable bonds is 2. The van der Waals surface area contributed by atoms with Gasteiger partial charge in [0.25, 0.3) is 0 Å². The van der Waals surface area contributed by atoms with Crippen LogP contribution in [0.3, 0.4) is 0 Å². The van der Waals surface area contributed by atoms with Crippen molar-refractivity contribution >= 4 is 16.9 Å². The summed E-state index contributed by atoms with van der Waals surface area (Å²) in [4.78, 5) is 9.01. The van der Waals surface area contributed by atoms with E-state index >= 15 is 0 Å². The summed E-state index contributed by atoms with van der Waals surface area (Å²) in [6.07, 6.45) is 11.2. The molecular formula is C21H25N5O. The molecule has 0 spiro atoms. The van der Waals surface area contributed by atoms with Gasteiger partial charge in [-0.05, 0) is 44.4 Å². The highest BCUT2D eigenvalue weighted by molar-refractivity contribution is 6.02. The van der Waals surface area contributed by atoms with Crippen molar-refractivity contribution in [2.24, 2.45) is 0 Å². The molecule has 0 amide bonds. The summed E-state index contributed by atoms with van der Waals surface area (Å²) in [5.41, 5.74) is 12.2. The Kier molecular flexibility index (Phi) is 3.23. The fraction of sp³-hybridized carbons (Fsp3) is 0.571. The molecule has 27 heavy (non-hydrogen) atoms. The van der Waals surface area contributed by atoms with Crippen LogP contribution in [0.1, 0.15) is 86.8 Å². The van der Waals surface area contributed by atoms with Crippen molar-refractivity contribution in [3.05, 3.63) is 23.3 Å². The lowest BCUT2D eigenvalue weighted by atomic mass is 9.94. The Morgan fingerprint density at radius 2 is 1.93 bits per heavy atom. The Morgan fingerprint density at radius 1 is 1.11 bits per heavy atom. The van der Waals surface area contributed by atoms with Crippen molar-refractivity contribution in [3.8, 4) is 11.3 Å². The first kappa shape index (κ1) is 15.7. The smallest absolute Gasteiger partial charge is 0.146 e. The van der Waals surface area contributed by atoms with Crippen LogP contribution in [-0.2, 0) is 6.42 Å². The van der Waals surface area contributed by atoms with Crippen molar-refractivity contribution in [2.75, 3.05) is 5.73 Å². The van der Waals surface area contributed by atoms with Gasteiger partial charge in [-0.2, -0.15) is 0 Å². The number of fused-ring (bicyclic) bond motifs is 5. The molecule has 1 atom stereocenters. The number of anilines is 1. The topological polar surface area (TPSA) is 82.8 Å². The van der Waals surface area contributed by atoms with Gasteiger partial charge < -0.3 is 14.8 Å². The molecule has 0 aromatic carbocycles. The third-order valence-electron chi connectivity index (χ3n) is 6.85. The molecule has 2 fully saturated rings. The van der Waals surface area contributed by atoms with Gasteiger partial charge in [-0.3, -0.25) is 0 Å². The Hall–Kier alpha value is -2.37. The van der Waals surface area contributed by atoms with Gasteiger partial charge in [0.05, 0.1) is 5.39 Å². The van der Waals surface area contributed by atoms with Crippen LogP contribution in [0, 0.1) is 0 Å². The zero-order valence-electron chi connectivity index (χ0n) is 15.7. The van der Waals surface area contributed by atoms with E-state index in [-0.39, 0.29) is 0 Å². The maximum atomic E-state index is 6.39. The van der Waals surface area contributed by atoms with Crippen molar-refractivity contribution in [1.29, 1.82) is 0 Å². The fourth-order valence-electron chi connectivity index (χ4n) is 5.36. The summed E-state index contributed by atoms with van der Waals surface area (Å²) >= 11 is 0. The second kappa shape index (κ2) is 5.57. The van der Waals surface area contributed by atoms with Crippen LogP contribution in [0.15, 0.2) is 10.9 Å². The van der Waals surface area contributed by atoms with E-state index in [0.29, 0.717) is 23.7 Å². The molecular weight excluding hydrogens is 338 g/mol. The van der Waals surface area contributed by atoms with E-state index in [0.717, 1.165) is 40.9 Å². The highest BCUT2D eigenvalue weighted by Gasteiger charge is 2.38. The van der Waals surface area contributed by atoms with Crippen LogP contribution >= 0.6 is 0 Å². The molecule has 3 aromatic rings. The third kappa shape index (κ3) is 2.15. The number of nitrogens with zero attached hydrogens (tertiary/aromatic N) is 4. The highest BCUT2D eigenvalue weighted by Crippen LogP contribution is 2.51. The molecule has 6 rings (SSSR count). The van der Waals surface area contributed by atoms with Crippen LogP contribution in [0.4, 0.5) is 5.82 Å². The summed E-state index contributed by atoms with van der Waals surface area (Å²) < 4.78 is 8.38. The summed E-state index contributed by atoms with van der Waals surface area (Å²) in [7, 11) is 0. The van der Waals surface area contributed by atoms with Crippen LogP contribution in [-0.4, -0.2) is 19.7 Å². The van der Waals surface area contributed by atoms with Crippen LogP contribution < -0.4 is 5.73 Å². The van der Waals surface area contributed by atoms with Gasteiger partial charge in [0.2, 0.25) is 0 Å². The SMILES string of the molecule is C[C@@H]1CCc2c(c3c(N)ncnc3n2C2CCCC2)-c2noc(C3CC3)c21. The predicted molar refractivity (Wildman–Crippen MR) is 104 cm³/mol. The lowest BCUT2D eigenvalue weighted by molar-refractivity contribution is 0.382. The van der Waals surface area contributed by atoms with Crippen molar-refractivity contribution in [2.45, 2.75) is 76.2 Å². The first-order chi connectivity index (χ1) is 13.2. The van der Waals surface area contributed by atoms with Gasteiger partial charge in [0.1, 0.15) is 29.2 Å². The molecule has 3 heterocycles. The van der Waals surface area contributed by atoms with E-state index in [1.54, 1.807) is 6.33 Å². The molecule has 6 nitrogen and oxygen atoms in total. The highest BCUT2D eigenvalue weighted by atomic mass is 16.5. The first-order valence-corrected chi connectivity index (χ1v) is 10.4. The molecule has 3 aromatic heterocycles. The maximum Gasteiger partial charge on any atom is 0.146 e. The lowest BCUT2D eigenvalue weighted by Crippen LogP contribution is -2.10. The molecule has 6 heteroatoms. The zero-order valence-corrected chi connectivity index (χ0v) is 15.7. The Bertz CT molecular complexity index is 1040. The van der Waals surface area contributed by atoms with Gasteiger partial charge >= 0.3 is 0 Å². The van der Waals surface area contributed by atoms with Crippen molar-refractivity contribution in [3.63, 3.8) is 0 Å². The maximum absolute atomic E-state index is 6.39. The summed E-state index contributed by atoms with van der Waals surface area (Å²) in [5, 5.41) is 5.58. The molecule has 0 radical (unpaired) electrons. The van der Waals surface area contributed by atoms with Crippen molar-refractivity contribution in [1.82, 2.24) is 19.7 Å². The molecule has 2 N–H and O–H groups in total. The molecule has 2 saturated carbocycles. The fourth-order valence-corrected chi connectivity index (χ4v) is 5.36. The Morgan fingerprint density at radius 3 is 2.70 bits per heavy atom. The van der Waals surface area contributed by atoms with E-state index < -0.39 is 0 Å². The average molecular weight is 363 g/mol. The Balaban J connectivity index is 1.69. The molecule has 0 bridgehead atoms. The molecule has 0 unspecified atom stereocenters. The average Bonchev–Trinajstić information content (AvgIpc) is 3.11. The number of aromatic nitrogens is 4. The molecule has 0 aliphatic heterocycles. The van der Waals surface area contributed by atoms with Crippen LogP contribution in [0.5, 0.6) is 0 Å². The van der Waals surface area contributed by atoms with Gasteiger partial charge in [-0.25, -0.2) is 9.97 Å². The summed E-state index contributed by atoms with van der Waals surface area (Å²) in [6.45, 7) is 2.32. The second-order valence-corrected chi connectivity index (χ2v) is 8.61. The van der Waals surface area contributed by atoms with Crippen LogP contribution in [0.25, 0.3) is 22.3 Å². The van der Waals surface area contributed by atoms with E-state index in [4.69, 9.17) is 10.3 Å². The minimum atomic E-state index is 0.451. The largest absolute Gasteiger partial charge is 0.383 e. The van der Waals surface area contributed by atoms with E-state index in [1.807, 2.05) is 0 Å². The van der Waals surface area contributed by atoms with Gasteiger partial charge in [0, 0.05) is 28.8 Å². The molecule has 3 aliphatic carbocycles. The zero-order chi connectivity index (χ0) is 18.1. The van der Waals surface area contributed by atoms with E-state index in [2.05, 4.69) is 26.6 Å². The molecule has 140 valence electrons. The quantitative estimate of drug-likeness (QED) is 0.713. The van der Waals surface area contributed by atoms with Crippen LogP contribution in [0.2, 0.25) is 0 Å². The van der Waals surface area contributed by atoms with Gasteiger partial charge in [-0.15, -0.1) is 0 Å². The number of nitrogen functional groups attached to an aromatic ring is 1. The van der Waals surface area contributed by atoms with Gasteiger partial charge in [0.15, 0.2) is 0 Å². The minimum Gasteiger partial charge on any atom is -0.383 e. The van der Waals surface area contributed by atoms with E-state index in [1.165, 1.54) is 49.8 Å². The minimum absolute atomic E-state index is 0.451. The first-order valence-electron chi connectivity index (χ1n) is 10.4. The second-order valence-electron chi connectivity index (χ2n) is 8.61. The van der Waals surface area contributed by atoms with E-state index in [9.17, 15) is 0 Å². The molecule has 0 saturated heterocycles. The third-order valence-corrected chi connectivity index (χ3v) is 6.85. The standard InChI is InChI=1S/C21H25N5O/c1-11-6-9-14-16(18-15(11)19(27-25-18)12-7-8-12)17-20(22)23-10-24-21(17)26(14)13-4-2-3-5-13/h10-13H,2-9H2,1H3,(H2,22,23,24)/t11-/m1/s1. The lowest BCUT2D eigenvalue weighted by Gasteiger charge is -2.17. The number of nitrogens with two attached hydrogens (primary N) is 1. The summed E-state index contributed by atoms with van der Waals surface area (Å²) in [6, 6.07) is 0.511. The Labute approximate surface area is 158 Å². The number of hydrogen-bond donors (Lipinski definition) is 1. The van der Waals surface area contributed by atoms with Gasteiger partial charge in [-0.1, -0.05) is 24.9 Å². The predicted octanol–water partition coefficient (Wildman–Crippen LogP) is 4.71. The normalized spacial score (nSPS) is 22.8. The monoisotopic (exact) mass is 363 g/mol. The molecule has 3 aliphatic rings.